The third-order valence-corrected chi connectivity index (χ3v) is 3.24. The van der Waals surface area contributed by atoms with E-state index in [9.17, 15) is 18.0 Å². The second-order valence-corrected chi connectivity index (χ2v) is 5.08. The van der Waals surface area contributed by atoms with E-state index in [1.807, 2.05) is 0 Å². The van der Waals surface area contributed by atoms with Crippen molar-refractivity contribution in [2.75, 3.05) is 7.05 Å². The molecule has 0 saturated carbocycles. The van der Waals surface area contributed by atoms with Crippen LogP contribution in [0.5, 0.6) is 5.75 Å². The lowest BCUT2D eigenvalue weighted by Crippen LogP contribution is -2.27. The van der Waals surface area contributed by atoms with E-state index in [0.29, 0.717) is 12.1 Å². The van der Waals surface area contributed by atoms with Crippen LogP contribution >= 0.6 is 0 Å². The van der Waals surface area contributed by atoms with Gasteiger partial charge in [0, 0.05) is 13.6 Å². The van der Waals surface area contributed by atoms with E-state index in [-0.39, 0.29) is 23.9 Å². The Morgan fingerprint density at radius 2 is 1.83 bits per heavy atom. The van der Waals surface area contributed by atoms with Crippen molar-refractivity contribution in [1.82, 2.24) is 4.90 Å². The van der Waals surface area contributed by atoms with Crippen molar-refractivity contribution in [3.05, 3.63) is 65.5 Å². The molecule has 3 nitrogen and oxygen atoms in total. The fourth-order valence-electron chi connectivity index (χ4n) is 2.09. The van der Waals surface area contributed by atoms with E-state index in [1.165, 1.54) is 29.2 Å². The summed E-state index contributed by atoms with van der Waals surface area (Å²) in [6, 6.07) is 12.0. The molecule has 6 heteroatoms. The molecule has 1 amide bonds. The fraction of sp³-hybridized carbons (Fsp3) is 0.235. The van der Waals surface area contributed by atoms with Crippen LogP contribution in [0.2, 0.25) is 0 Å². The molecule has 0 heterocycles. The number of likely N-dealkylation sites (N-methyl/N-ethyl adjacent to an activating group) is 1. The van der Waals surface area contributed by atoms with Crippen molar-refractivity contribution in [3.63, 3.8) is 0 Å². The Bertz CT molecular complexity index is 659. The predicted molar refractivity (Wildman–Crippen MR) is 79.7 cm³/mol. The SMILES string of the molecule is CN(Cc1ccc(OC(F)F)cc1)C(=O)Cc1cccc(F)c1. The average Bonchev–Trinajstić information content (AvgIpc) is 2.48. The average molecular weight is 323 g/mol. The van der Waals surface area contributed by atoms with E-state index in [1.54, 1.807) is 31.3 Å². The summed E-state index contributed by atoms with van der Waals surface area (Å²) in [5.41, 5.74) is 1.38. The zero-order valence-corrected chi connectivity index (χ0v) is 12.5. The third kappa shape index (κ3) is 5.32. The van der Waals surface area contributed by atoms with Gasteiger partial charge in [-0.3, -0.25) is 4.79 Å². The molecule has 0 aromatic heterocycles. The Morgan fingerprint density at radius 3 is 2.43 bits per heavy atom. The molecule has 0 unspecified atom stereocenters. The maximum absolute atomic E-state index is 13.1. The highest BCUT2D eigenvalue weighted by Gasteiger charge is 2.11. The summed E-state index contributed by atoms with van der Waals surface area (Å²) in [6.45, 7) is -2.54. The minimum absolute atomic E-state index is 0.0671. The van der Waals surface area contributed by atoms with Gasteiger partial charge < -0.3 is 9.64 Å². The molecule has 2 aromatic carbocycles. The number of rotatable bonds is 6. The van der Waals surface area contributed by atoms with Crippen LogP contribution in [0.4, 0.5) is 13.2 Å². The van der Waals surface area contributed by atoms with Crippen molar-refractivity contribution in [2.24, 2.45) is 0 Å². The molecular formula is C17H16F3NO2. The van der Waals surface area contributed by atoms with Crippen molar-refractivity contribution in [3.8, 4) is 5.75 Å². The van der Waals surface area contributed by atoms with Crippen molar-refractivity contribution in [2.45, 2.75) is 19.6 Å². The topological polar surface area (TPSA) is 29.5 Å². The van der Waals surface area contributed by atoms with Crippen LogP contribution in [-0.2, 0) is 17.8 Å². The molecule has 23 heavy (non-hydrogen) atoms. The second kappa shape index (κ2) is 7.67. The summed E-state index contributed by atoms with van der Waals surface area (Å²) < 4.78 is 41.5. The van der Waals surface area contributed by atoms with Gasteiger partial charge in [-0.1, -0.05) is 24.3 Å². The molecule has 2 rings (SSSR count). The zero-order chi connectivity index (χ0) is 16.8. The maximum Gasteiger partial charge on any atom is 0.387 e. The monoisotopic (exact) mass is 323 g/mol. The Labute approximate surface area is 132 Å². The third-order valence-electron chi connectivity index (χ3n) is 3.24. The molecule has 0 aliphatic heterocycles. The summed E-state index contributed by atoms with van der Waals surface area (Å²) >= 11 is 0. The van der Waals surface area contributed by atoms with Crippen LogP contribution in [0.15, 0.2) is 48.5 Å². The smallest absolute Gasteiger partial charge is 0.387 e. The molecular weight excluding hydrogens is 307 g/mol. The largest absolute Gasteiger partial charge is 0.435 e. The summed E-state index contributed by atoms with van der Waals surface area (Å²) in [5, 5.41) is 0. The molecule has 0 fully saturated rings. The maximum atomic E-state index is 13.1. The molecule has 0 saturated heterocycles. The Balaban J connectivity index is 1.92. The first-order valence-electron chi connectivity index (χ1n) is 6.96. The second-order valence-electron chi connectivity index (χ2n) is 5.08. The normalized spacial score (nSPS) is 10.7. The molecule has 0 N–H and O–H groups in total. The number of alkyl halides is 2. The first-order valence-corrected chi connectivity index (χ1v) is 6.96. The number of hydrogen-bond acceptors (Lipinski definition) is 2. The van der Waals surface area contributed by atoms with Gasteiger partial charge in [0.15, 0.2) is 0 Å². The number of benzene rings is 2. The van der Waals surface area contributed by atoms with E-state index in [2.05, 4.69) is 4.74 Å². The highest BCUT2D eigenvalue weighted by atomic mass is 19.3. The highest BCUT2D eigenvalue weighted by molar-refractivity contribution is 5.78. The molecule has 2 aromatic rings. The Kier molecular flexibility index (Phi) is 5.62. The molecule has 0 atom stereocenters. The van der Waals surface area contributed by atoms with Crippen LogP contribution in [0.1, 0.15) is 11.1 Å². The van der Waals surface area contributed by atoms with Gasteiger partial charge >= 0.3 is 6.61 Å². The van der Waals surface area contributed by atoms with Crippen molar-refractivity contribution >= 4 is 5.91 Å². The quantitative estimate of drug-likeness (QED) is 0.812. The standard InChI is InChI=1S/C17H16F3NO2/c1-21(16(22)10-13-3-2-4-14(18)9-13)11-12-5-7-15(8-6-12)23-17(19)20/h2-9,17H,10-11H2,1H3. The highest BCUT2D eigenvalue weighted by Crippen LogP contribution is 2.16. The van der Waals surface area contributed by atoms with Gasteiger partial charge in [0.2, 0.25) is 5.91 Å². The van der Waals surface area contributed by atoms with Crippen molar-refractivity contribution < 1.29 is 22.7 Å². The Morgan fingerprint density at radius 1 is 1.13 bits per heavy atom. The van der Waals surface area contributed by atoms with Crippen LogP contribution in [-0.4, -0.2) is 24.5 Å². The summed E-state index contributed by atoms with van der Waals surface area (Å²) in [7, 11) is 1.63. The van der Waals surface area contributed by atoms with Gasteiger partial charge in [0.1, 0.15) is 11.6 Å². The van der Waals surface area contributed by atoms with E-state index in [4.69, 9.17) is 0 Å². The van der Waals surface area contributed by atoms with E-state index >= 15 is 0 Å². The summed E-state index contributed by atoms with van der Waals surface area (Å²) in [4.78, 5) is 13.6. The summed E-state index contributed by atoms with van der Waals surface area (Å²) in [5.74, 6) is -0.478. The van der Waals surface area contributed by atoms with Crippen LogP contribution in [0.25, 0.3) is 0 Å². The number of hydrogen-bond donors (Lipinski definition) is 0. The molecule has 0 spiro atoms. The first kappa shape index (κ1) is 16.9. The molecule has 0 aliphatic rings. The van der Waals surface area contributed by atoms with Crippen LogP contribution in [0.3, 0.4) is 0 Å². The van der Waals surface area contributed by atoms with Gasteiger partial charge in [-0.25, -0.2) is 4.39 Å². The van der Waals surface area contributed by atoms with Gasteiger partial charge in [-0.2, -0.15) is 8.78 Å². The van der Waals surface area contributed by atoms with Crippen LogP contribution < -0.4 is 4.74 Å². The van der Waals surface area contributed by atoms with Crippen LogP contribution in [0, 0.1) is 5.82 Å². The van der Waals surface area contributed by atoms with Gasteiger partial charge in [-0.05, 0) is 35.4 Å². The Hall–Kier alpha value is -2.50. The number of carbonyl (C=O) groups excluding carboxylic acids is 1. The predicted octanol–water partition coefficient (Wildman–Crippen LogP) is 3.63. The van der Waals surface area contributed by atoms with Gasteiger partial charge in [-0.15, -0.1) is 0 Å². The lowest BCUT2D eigenvalue weighted by atomic mass is 10.1. The number of carbonyl (C=O) groups is 1. The lowest BCUT2D eigenvalue weighted by molar-refractivity contribution is -0.129. The first-order chi connectivity index (χ1) is 10.9. The van der Waals surface area contributed by atoms with Gasteiger partial charge in [0.25, 0.3) is 0 Å². The lowest BCUT2D eigenvalue weighted by Gasteiger charge is -2.17. The molecule has 0 radical (unpaired) electrons. The minimum Gasteiger partial charge on any atom is -0.435 e. The molecule has 0 bridgehead atoms. The number of nitrogens with zero attached hydrogens (tertiary/aromatic N) is 1. The molecule has 0 aliphatic carbocycles. The number of amides is 1. The fourth-order valence-corrected chi connectivity index (χ4v) is 2.09. The number of ether oxygens (including phenoxy) is 1. The van der Waals surface area contributed by atoms with E-state index < -0.39 is 6.61 Å². The minimum atomic E-state index is -2.86. The van der Waals surface area contributed by atoms with Crippen molar-refractivity contribution in [1.29, 1.82) is 0 Å². The molecule has 122 valence electrons. The van der Waals surface area contributed by atoms with E-state index in [0.717, 1.165) is 5.56 Å². The summed E-state index contributed by atoms with van der Waals surface area (Å²) in [6.07, 6.45) is 0.0981. The number of halogens is 3. The zero-order valence-electron chi connectivity index (χ0n) is 12.5. The van der Waals surface area contributed by atoms with Gasteiger partial charge in [0.05, 0.1) is 6.42 Å².